The second-order valence-electron chi connectivity index (χ2n) is 5.44. The monoisotopic (exact) mass is 307 g/mol. The lowest BCUT2D eigenvalue weighted by atomic mass is 10.0. The molecule has 120 valence electrons. The molecule has 0 radical (unpaired) electrons. The number of hydrogen-bond donors (Lipinski definition) is 2. The summed E-state index contributed by atoms with van der Waals surface area (Å²) in [6, 6.07) is 7.82. The van der Waals surface area contributed by atoms with Gasteiger partial charge in [0.05, 0.1) is 6.04 Å². The van der Waals surface area contributed by atoms with E-state index in [1.54, 1.807) is 29.2 Å². The van der Waals surface area contributed by atoms with Crippen LogP contribution in [0.25, 0.3) is 0 Å². The third-order valence-corrected chi connectivity index (χ3v) is 3.73. The number of hydrogen-bond acceptors (Lipinski definition) is 4. The van der Waals surface area contributed by atoms with Gasteiger partial charge >= 0.3 is 0 Å². The number of benzene rings is 1. The van der Waals surface area contributed by atoms with Crippen molar-refractivity contribution in [1.29, 1.82) is 0 Å². The first kappa shape index (κ1) is 16.6. The van der Waals surface area contributed by atoms with Gasteiger partial charge in [-0.05, 0) is 0 Å². The van der Waals surface area contributed by atoms with Crippen LogP contribution in [-0.4, -0.2) is 55.1 Å². The van der Waals surface area contributed by atoms with Gasteiger partial charge in [0.2, 0.25) is 5.91 Å². The highest BCUT2D eigenvalue weighted by molar-refractivity contribution is 6.01. The third kappa shape index (κ3) is 4.61. The number of carbonyl (C=O) groups is 2. The normalized spacial score (nSPS) is 18.5. The summed E-state index contributed by atoms with van der Waals surface area (Å²) in [5, 5.41) is 5.74. The zero-order valence-electron chi connectivity index (χ0n) is 12.7. The van der Waals surface area contributed by atoms with Gasteiger partial charge in [0, 0.05) is 45.1 Å². The van der Waals surface area contributed by atoms with E-state index in [9.17, 15) is 14.0 Å². The van der Waals surface area contributed by atoms with Crippen molar-refractivity contribution in [1.82, 2.24) is 15.5 Å². The molecule has 2 rings (SSSR count). The minimum absolute atomic E-state index is 0.0344. The van der Waals surface area contributed by atoms with Gasteiger partial charge in [-0.2, -0.15) is 0 Å². The van der Waals surface area contributed by atoms with Crippen LogP contribution in [-0.2, 0) is 4.79 Å². The van der Waals surface area contributed by atoms with Crippen molar-refractivity contribution in [2.24, 2.45) is 0 Å². The lowest BCUT2D eigenvalue weighted by Gasteiger charge is -2.31. The standard InChI is InChI=1S/C16H22FN3O2/c1-12(21)19-14(16(22)13-5-3-2-4-6-13)11-15(17)20-9-7-18-8-10-20/h2-6,14-15,18H,7-11H2,1H3,(H,19,21). The molecule has 1 saturated heterocycles. The highest BCUT2D eigenvalue weighted by atomic mass is 19.1. The molecule has 1 aliphatic heterocycles. The van der Waals surface area contributed by atoms with Crippen LogP contribution >= 0.6 is 0 Å². The molecule has 1 heterocycles. The number of piperazine rings is 1. The van der Waals surface area contributed by atoms with Crippen LogP contribution in [0.4, 0.5) is 4.39 Å². The van der Waals surface area contributed by atoms with Crippen LogP contribution in [0.1, 0.15) is 23.7 Å². The minimum atomic E-state index is -1.24. The van der Waals surface area contributed by atoms with Crippen molar-refractivity contribution in [3.63, 3.8) is 0 Å². The van der Waals surface area contributed by atoms with E-state index in [2.05, 4.69) is 10.6 Å². The predicted molar refractivity (Wildman–Crippen MR) is 82.3 cm³/mol. The lowest BCUT2D eigenvalue weighted by molar-refractivity contribution is -0.119. The molecule has 0 saturated carbocycles. The molecule has 0 aliphatic carbocycles. The Morgan fingerprint density at radius 2 is 1.91 bits per heavy atom. The second-order valence-corrected chi connectivity index (χ2v) is 5.44. The van der Waals surface area contributed by atoms with Crippen molar-refractivity contribution in [2.45, 2.75) is 25.7 Å². The van der Waals surface area contributed by atoms with Crippen LogP contribution < -0.4 is 10.6 Å². The fourth-order valence-corrected chi connectivity index (χ4v) is 2.59. The molecule has 0 spiro atoms. The molecular weight excluding hydrogens is 285 g/mol. The SMILES string of the molecule is CC(=O)NC(CC(F)N1CCNCC1)C(=O)c1ccccc1. The Kier molecular flexibility index (Phi) is 6.03. The molecular formula is C16H22FN3O2. The Morgan fingerprint density at radius 3 is 2.50 bits per heavy atom. The molecule has 2 atom stereocenters. The highest BCUT2D eigenvalue weighted by Gasteiger charge is 2.28. The summed E-state index contributed by atoms with van der Waals surface area (Å²) in [5.41, 5.74) is 0.480. The van der Waals surface area contributed by atoms with E-state index in [4.69, 9.17) is 0 Å². The molecule has 1 aromatic rings. The molecule has 0 bridgehead atoms. The van der Waals surface area contributed by atoms with E-state index in [1.807, 2.05) is 6.07 Å². The quantitative estimate of drug-likeness (QED) is 0.607. The largest absolute Gasteiger partial charge is 0.346 e. The highest BCUT2D eigenvalue weighted by Crippen LogP contribution is 2.14. The average Bonchev–Trinajstić information content (AvgIpc) is 2.54. The number of nitrogens with one attached hydrogen (secondary N) is 2. The Balaban J connectivity index is 2.05. The summed E-state index contributed by atoms with van der Waals surface area (Å²) in [6.45, 7) is 4.01. The van der Waals surface area contributed by atoms with Crippen molar-refractivity contribution in [3.05, 3.63) is 35.9 Å². The van der Waals surface area contributed by atoms with E-state index < -0.39 is 12.3 Å². The number of nitrogens with zero attached hydrogens (tertiary/aromatic N) is 1. The number of ketones is 1. The van der Waals surface area contributed by atoms with Gasteiger partial charge in [0.15, 0.2) is 12.1 Å². The van der Waals surface area contributed by atoms with Gasteiger partial charge in [-0.1, -0.05) is 30.3 Å². The molecule has 22 heavy (non-hydrogen) atoms. The molecule has 1 aliphatic rings. The van der Waals surface area contributed by atoms with Gasteiger partial charge in [-0.15, -0.1) is 0 Å². The summed E-state index contributed by atoms with van der Waals surface area (Å²) in [4.78, 5) is 25.5. The summed E-state index contributed by atoms with van der Waals surface area (Å²) < 4.78 is 14.5. The van der Waals surface area contributed by atoms with Gasteiger partial charge in [0.1, 0.15) is 0 Å². The fraction of sp³-hybridized carbons (Fsp3) is 0.500. The minimum Gasteiger partial charge on any atom is -0.346 e. The molecule has 5 nitrogen and oxygen atoms in total. The molecule has 6 heteroatoms. The maximum Gasteiger partial charge on any atom is 0.217 e. The maximum atomic E-state index is 14.5. The van der Waals surface area contributed by atoms with Crippen molar-refractivity contribution >= 4 is 11.7 Å². The zero-order chi connectivity index (χ0) is 15.9. The van der Waals surface area contributed by atoms with Crippen LogP contribution in [0.2, 0.25) is 0 Å². The predicted octanol–water partition coefficient (Wildman–Crippen LogP) is 0.965. The number of carbonyl (C=O) groups excluding carboxylic acids is 2. The number of amides is 1. The molecule has 1 amide bonds. The van der Waals surface area contributed by atoms with Crippen LogP contribution in [0, 0.1) is 0 Å². The zero-order valence-corrected chi connectivity index (χ0v) is 12.7. The number of halogens is 1. The van der Waals surface area contributed by atoms with Gasteiger partial charge in [0.25, 0.3) is 0 Å². The first-order chi connectivity index (χ1) is 10.6. The van der Waals surface area contributed by atoms with E-state index >= 15 is 0 Å². The van der Waals surface area contributed by atoms with E-state index in [0.717, 1.165) is 13.1 Å². The Hall–Kier alpha value is -1.79. The summed E-state index contributed by atoms with van der Waals surface area (Å²) in [5.74, 6) is -0.588. The average molecular weight is 307 g/mol. The van der Waals surface area contributed by atoms with Crippen LogP contribution in [0.15, 0.2) is 30.3 Å². The van der Waals surface area contributed by atoms with Crippen molar-refractivity contribution < 1.29 is 14.0 Å². The fourth-order valence-electron chi connectivity index (χ4n) is 2.59. The third-order valence-electron chi connectivity index (χ3n) is 3.73. The van der Waals surface area contributed by atoms with Crippen molar-refractivity contribution in [2.75, 3.05) is 26.2 Å². The van der Waals surface area contributed by atoms with E-state index in [0.29, 0.717) is 18.7 Å². The van der Waals surface area contributed by atoms with Crippen LogP contribution in [0.3, 0.4) is 0 Å². The van der Waals surface area contributed by atoms with Crippen molar-refractivity contribution in [3.8, 4) is 0 Å². The molecule has 1 aromatic carbocycles. The van der Waals surface area contributed by atoms with E-state index in [1.165, 1.54) is 6.92 Å². The Bertz CT molecular complexity index is 503. The number of alkyl halides is 1. The first-order valence-corrected chi connectivity index (χ1v) is 7.53. The Labute approximate surface area is 129 Å². The second kappa shape index (κ2) is 8.00. The maximum absolute atomic E-state index is 14.5. The Morgan fingerprint density at radius 1 is 1.27 bits per heavy atom. The van der Waals surface area contributed by atoms with Gasteiger partial charge in [-0.3, -0.25) is 14.5 Å². The summed E-state index contributed by atoms with van der Waals surface area (Å²) in [7, 11) is 0. The van der Waals surface area contributed by atoms with Gasteiger partial charge < -0.3 is 10.6 Å². The topological polar surface area (TPSA) is 61.4 Å². The number of rotatable bonds is 6. The molecule has 2 N–H and O–H groups in total. The van der Waals surface area contributed by atoms with Crippen LogP contribution in [0.5, 0.6) is 0 Å². The lowest BCUT2D eigenvalue weighted by Crippen LogP contribution is -2.50. The molecule has 0 aromatic heterocycles. The summed E-state index contributed by atoms with van der Waals surface area (Å²) >= 11 is 0. The molecule has 2 unspecified atom stereocenters. The molecule has 1 fully saturated rings. The number of Topliss-reactive ketones (excluding diaryl/α,β-unsaturated/α-hetero) is 1. The van der Waals surface area contributed by atoms with E-state index in [-0.39, 0.29) is 18.1 Å². The first-order valence-electron chi connectivity index (χ1n) is 7.53. The smallest absolute Gasteiger partial charge is 0.217 e. The summed E-state index contributed by atoms with van der Waals surface area (Å²) in [6.07, 6.45) is -1.28. The van der Waals surface area contributed by atoms with Gasteiger partial charge in [-0.25, -0.2) is 4.39 Å².